The topological polar surface area (TPSA) is 46.6 Å². The van der Waals surface area contributed by atoms with Gasteiger partial charge < -0.3 is 9.64 Å². The predicted octanol–water partition coefficient (Wildman–Crippen LogP) is 3.72. The number of para-hydroxylation sites is 1. The molecule has 0 radical (unpaired) electrons. The molecular formula is C21H23NO3. The molecule has 2 aliphatic heterocycles. The Bertz CT molecular complexity index is 903. The molecule has 0 aromatic heterocycles. The Labute approximate surface area is 148 Å². The molecule has 0 unspecified atom stereocenters. The summed E-state index contributed by atoms with van der Waals surface area (Å²) in [5.74, 6) is -0.889. The largest absolute Gasteiger partial charge is 0.386 e. The van der Waals surface area contributed by atoms with E-state index < -0.39 is 22.9 Å². The van der Waals surface area contributed by atoms with Crippen LogP contribution in [0.4, 0.5) is 5.69 Å². The molecule has 25 heavy (non-hydrogen) atoms. The molecule has 4 nitrogen and oxygen atoms in total. The van der Waals surface area contributed by atoms with E-state index in [1.807, 2.05) is 26.0 Å². The molecule has 3 aliphatic rings. The Balaban J connectivity index is 2.19. The minimum absolute atomic E-state index is 0.105. The number of anilines is 1. The molecule has 1 aliphatic carbocycles. The van der Waals surface area contributed by atoms with Gasteiger partial charge in [0.2, 0.25) is 0 Å². The van der Waals surface area contributed by atoms with Gasteiger partial charge in [0.15, 0.2) is 0 Å². The van der Waals surface area contributed by atoms with Crippen LogP contribution in [0, 0.1) is 11.3 Å². The molecule has 4 heteroatoms. The minimum Gasteiger partial charge on any atom is -0.386 e. The van der Waals surface area contributed by atoms with Gasteiger partial charge in [0.1, 0.15) is 0 Å². The summed E-state index contributed by atoms with van der Waals surface area (Å²) in [4.78, 5) is 27.4. The third-order valence-corrected chi connectivity index (χ3v) is 6.49. The van der Waals surface area contributed by atoms with Crippen LogP contribution in [0.25, 0.3) is 5.57 Å². The maximum atomic E-state index is 12.6. The fourth-order valence-electron chi connectivity index (χ4n) is 4.94. The van der Waals surface area contributed by atoms with E-state index in [1.54, 1.807) is 0 Å². The van der Waals surface area contributed by atoms with Crippen molar-refractivity contribution in [1.82, 2.24) is 0 Å². The Morgan fingerprint density at radius 3 is 2.28 bits per heavy atom. The molecule has 0 saturated carbocycles. The summed E-state index contributed by atoms with van der Waals surface area (Å²) >= 11 is 0. The normalized spacial score (nSPS) is 26.9. The van der Waals surface area contributed by atoms with E-state index in [4.69, 9.17) is 4.74 Å². The number of nitrogens with zero attached hydrogens (tertiary/aromatic N) is 1. The molecule has 0 bridgehead atoms. The van der Waals surface area contributed by atoms with Crippen molar-refractivity contribution in [2.45, 2.75) is 40.2 Å². The van der Waals surface area contributed by atoms with E-state index in [1.165, 1.54) is 0 Å². The number of cyclic esters (lactones) is 2. The van der Waals surface area contributed by atoms with Gasteiger partial charge in [-0.1, -0.05) is 45.9 Å². The maximum Gasteiger partial charge on any atom is 0.346 e. The molecule has 1 atom stereocenters. The SMILES string of the molecule is CC(C)C1=C2c3ccccc3N(C)[C@@]2(C)C(C)(C)C2=C1C(=O)OC2=O. The predicted molar refractivity (Wildman–Crippen MR) is 96.9 cm³/mol. The molecule has 0 fully saturated rings. The molecule has 2 heterocycles. The number of hydrogen-bond donors (Lipinski definition) is 0. The highest BCUT2D eigenvalue weighted by Crippen LogP contribution is 2.63. The van der Waals surface area contributed by atoms with E-state index in [9.17, 15) is 9.59 Å². The summed E-state index contributed by atoms with van der Waals surface area (Å²) in [7, 11) is 2.07. The van der Waals surface area contributed by atoms with Crippen LogP contribution in [0.1, 0.15) is 40.2 Å². The Morgan fingerprint density at radius 1 is 1.00 bits per heavy atom. The van der Waals surface area contributed by atoms with Crippen LogP contribution in [-0.2, 0) is 14.3 Å². The van der Waals surface area contributed by atoms with Crippen LogP contribution in [0.5, 0.6) is 0 Å². The van der Waals surface area contributed by atoms with Crippen molar-refractivity contribution in [3.8, 4) is 0 Å². The molecule has 130 valence electrons. The first-order valence-corrected chi connectivity index (χ1v) is 8.73. The van der Waals surface area contributed by atoms with Crippen LogP contribution >= 0.6 is 0 Å². The third-order valence-electron chi connectivity index (χ3n) is 6.49. The fourth-order valence-corrected chi connectivity index (χ4v) is 4.94. The molecule has 1 aromatic rings. The monoisotopic (exact) mass is 337 g/mol. The van der Waals surface area contributed by atoms with E-state index in [0.717, 1.165) is 22.4 Å². The van der Waals surface area contributed by atoms with Crippen molar-refractivity contribution in [1.29, 1.82) is 0 Å². The van der Waals surface area contributed by atoms with Gasteiger partial charge in [-0.2, -0.15) is 0 Å². The second-order valence-electron chi connectivity index (χ2n) is 8.14. The average Bonchev–Trinajstić information content (AvgIpc) is 2.96. The zero-order valence-electron chi connectivity index (χ0n) is 15.6. The van der Waals surface area contributed by atoms with Gasteiger partial charge in [0, 0.05) is 23.7 Å². The standard InChI is InChI=1S/C21H23NO3/c1-11(2)14-15-17(19(24)25-18(15)23)20(3,4)21(5)16(14)12-9-7-8-10-13(12)22(21)6/h7-11H,1-6H3/t21-/m1/s1. The van der Waals surface area contributed by atoms with Crippen LogP contribution in [0.15, 0.2) is 41.0 Å². The molecule has 0 spiro atoms. The zero-order valence-corrected chi connectivity index (χ0v) is 15.6. The second kappa shape index (κ2) is 4.63. The van der Waals surface area contributed by atoms with Crippen LogP contribution in [0.3, 0.4) is 0 Å². The summed E-state index contributed by atoms with van der Waals surface area (Å²) < 4.78 is 5.05. The number of likely N-dealkylation sites (N-methyl/N-ethyl adjacent to an activating group) is 1. The smallest absolute Gasteiger partial charge is 0.346 e. The summed E-state index contributed by atoms with van der Waals surface area (Å²) in [6, 6.07) is 8.27. The third kappa shape index (κ3) is 1.63. The Hall–Kier alpha value is -2.36. The first kappa shape index (κ1) is 16.1. The highest BCUT2D eigenvalue weighted by molar-refractivity contribution is 6.19. The Kier molecular flexibility index (Phi) is 2.98. The van der Waals surface area contributed by atoms with Gasteiger partial charge in [0.25, 0.3) is 0 Å². The van der Waals surface area contributed by atoms with E-state index >= 15 is 0 Å². The summed E-state index contributed by atoms with van der Waals surface area (Å²) in [6.07, 6.45) is 0. The van der Waals surface area contributed by atoms with Gasteiger partial charge in [0.05, 0.1) is 16.7 Å². The van der Waals surface area contributed by atoms with Gasteiger partial charge in [-0.3, -0.25) is 0 Å². The van der Waals surface area contributed by atoms with Crippen molar-refractivity contribution in [2.75, 3.05) is 11.9 Å². The summed E-state index contributed by atoms with van der Waals surface area (Å²) in [5, 5.41) is 0. The summed E-state index contributed by atoms with van der Waals surface area (Å²) in [6.45, 7) is 10.4. The zero-order chi connectivity index (χ0) is 18.3. The highest BCUT2D eigenvalue weighted by atomic mass is 16.6. The van der Waals surface area contributed by atoms with Crippen LogP contribution < -0.4 is 4.90 Å². The average molecular weight is 337 g/mol. The van der Waals surface area contributed by atoms with Crippen molar-refractivity contribution in [3.05, 3.63) is 46.5 Å². The molecule has 0 amide bonds. The first-order valence-electron chi connectivity index (χ1n) is 8.73. The number of esters is 2. The van der Waals surface area contributed by atoms with Gasteiger partial charge in [-0.15, -0.1) is 0 Å². The number of fused-ring (bicyclic) bond motifs is 3. The van der Waals surface area contributed by atoms with Gasteiger partial charge in [-0.25, -0.2) is 9.59 Å². The van der Waals surface area contributed by atoms with Gasteiger partial charge in [-0.05, 0) is 30.1 Å². The number of carbonyl (C=O) groups is 2. The molecule has 0 saturated heterocycles. The van der Waals surface area contributed by atoms with Crippen molar-refractivity contribution in [3.63, 3.8) is 0 Å². The van der Waals surface area contributed by atoms with Crippen molar-refractivity contribution >= 4 is 23.2 Å². The Morgan fingerprint density at radius 2 is 1.64 bits per heavy atom. The number of hydrogen-bond acceptors (Lipinski definition) is 4. The second-order valence-corrected chi connectivity index (χ2v) is 8.14. The van der Waals surface area contributed by atoms with Gasteiger partial charge >= 0.3 is 11.9 Å². The number of benzene rings is 1. The highest BCUT2D eigenvalue weighted by Gasteiger charge is 2.62. The lowest BCUT2D eigenvalue weighted by molar-refractivity contribution is -0.151. The summed E-state index contributed by atoms with van der Waals surface area (Å²) in [5.41, 5.74) is 4.39. The van der Waals surface area contributed by atoms with Crippen molar-refractivity contribution < 1.29 is 14.3 Å². The minimum atomic E-state index is -0.562. The van der Waals surface area contributed by atoms with E-state index in [2.05, 4.69) is 44.9 Å². The van der Waals surface area contributed by atoms with E-state index in [-0.39, 0.29) is 5.92 Å². The lowest BCUT2D eigenvalue weighted by Gasteiger charge is -2.51. The number of ether oxygens (including phenoxy) is 1. The number of rotatable bonds is 1. The molecule has 0 N–H and O–H groups in total. The quantitative estimate of drug-likeness (QED) is 0.579. The van der Waals surface area contributed by atoms with Crippen LogP contribution in [0.2, 0.25) is 0 Å². The van der Waals surface area contributed by atoms with E-state index in [0.29, 0.717) is 11.1 Å². The van der Waals surface area contributed by atoms with Crippen molar-refractivity contribution in [2.24, 2.45) is 11.3 Å². The van der Waals surface area contributed by atoms with Crippen LogP contribution in [-0.4, -0.2) is 24.5 Å². The number of carbonyl (C=O) groups excluding carboxylic acids is 2. The lowest BCUT2D eigenvalue weighted by Crippen LogP contribution is -2.56. The lowest BCUT2D eigenvalue weighted by atomic mass is 9.58. The first-order chi connectivity index (χ1) is 11.6. The molecule has 1 aromatic carbocycles. The maximum absolute atomic E-state index is 12.6. The molecular weight excluding hydrogens is 314 g/mol. The molecule has 4 rings (SSSR count). The fraction of sp³-hybridized carbons (Fsp3) is 0.429.